The summed E-state index contributed by atoms with van der Waals surface area (Å²) in [6, 6.07) is -0.293. The van der Waals surface area contributed by atoms with Gasteiger partial charge < -0.3 is 10.5 Å². The van der Waals surface area contributed by atoms with Crippen molar-refractivity contribution in [1.82, 2.24) is 19.4 Å². The van der Waals surface area contributed by atoms with Crippen LogP contribution in [0.3, 0.4) is 0 Å². The molecule has 2 aromatic rings. The first-order chi connectivity index (χ1) is 8.27. The zero-order valence-electron chi connectivity index (χ0n) is 9.83. The van der Waals surface area contributed by atoms with Crippen LogP contribution in [0.4, 0.5) is 0 Å². The number of hydrogen-bond acceptors (Lipinski definition) is 6. The van der Waals surface area contributed by atoms with E-state index in [1.807, 2.05) is 4.68 Å². The van der Waals surface area contributed by atoms with Gasteiger partial charge in [-0.3, -0.25) is 4.68 Å². The molecular formula is C10H15N5OS. The third-order valence-corrected chi connectivity index (χ3v) is 3.23. The van der Waals surface area contributed by atoms with Gasteiger partial charge in [0.2, 0.25) is 0 Å². The maximum Gasteiger partial charge on any atom is 0.161 e. The molecule has 2 N–H and O–H groups in total. The van der Waals surface area contributed by atoms with Gasteiger partial charge in [-0.05, 0) is 18.0 Å². The van der Waals surface area contributed by atoms with Crippen LogP contribution in [0.25, 0.3) is 0 Å². The summed E-state index contributed by atoms with van der Waals surface area (Å²) in [4.78, 5) is 0.904. The standard InChI is InChI=1S/C10H15N5OS/c1-3-4-15-10(7(16-2)5-13-15)9(11)8-6-12-14-17-8/h5-6,9H,3-4,11H2,1-2H3. The van der Waals surface area contributed by atoms with Crippen molar-refractivity contribution in [2.24, 2.45) is 5.73 Å². The predicted octanol–water partition coefficient (Wildman–Crippen LogP) is 1.20. The van der Waals surface area contributed by atoms with E-state index in [4.69, 9.17) is 10.5 Å². The van der Waals surface area contributed by atoms with E-state index in [0.717, 1.165) is 23.5 Å². The summed E-state index contributed by atoms with van der Waals surface area (Å²) in [5, 5.41) is 8.09. The fraction of sp³-hybridized carbons (Fsp3) is 0.500. The van der Waals surface area contributed by atoms with E-state index in [0.29, 0.717) is 5.75 Å². The Morgan fingerprint density at radius 1 is 1.53 bits per heavy atom. The summed E-state index contributed by atoms with van der Waals surface area (Å²) >= 11 is 1.29. The van der Waals surface area contributed by atoms with Crippen LogP contribution < -0.4 is 10.5 Å². The van der Waals surface area contributed by atoms with Crippen molar-refractivity contribution < 1.29 is 4.74 Å². The molecule has 0 aliphatic rings. The van der Waals surface area contributed by atoms with Crippen LogP contribution in [0.5, 0.6) is 5.75 Å². The Kier molecular flexibility index (Phi) is 3.70. The quantitative estimate of drug-likeness (QED) is 0.866. The van der Waals surface area contributed by atoms with E-state index in [1.54, 1.807) is 19.5 Å². The topological polar surface area (TPSA) is 78.9 Å². The second kappa shape index (κ2) is 5.24. The van der Waals surface area contributed by atoms with Crippen molar-refractivity contribution in [2.45, 2.75) is 25.9 Å². The van der Waals surface area contributed by atoms with Crippen molar-refractivity contribution >= 4 is 11.5 Å². The molecule has 2 heterocycles. The number of aryl methyl sites for hydroxylation is 1. The lowest BCUT2D eigenvalue weighted by Gasteiger charge is -2.13. The van der Waals surface area contributed by atoms with Gasteiger partial charge in [0, 0.05) is 6.54 Å². The van der Waals surface area contributed by atoms with Crippen LogP contribution in [-0.4, -0.2) is 26.5 Å². The molecule has 2 rings (SSSR count). The largest absolute Gasteiger partial charge is 0.493 e. The SMILES string of the molecule is CCCn1ncc(OC)c1C(N)c1cnns1. The van der Waals surface area contributed by atoms with Crippen molar-refractivity contribution in [3.8, 4) is 5.75 Å². The molecule has 2 aromatic heterocycles. The Morgan fingerprint density at radius 2 is 2.35 bits per heavy atom. The van der Waals surface area contributed by atoms with Gasteiger partial charge in [-0.2, -0.15) is 5.10 Å². The molecule has 6 nitrogen and oxygen atoms in total. The second-order valence-corrected chi connectivity index (χ2v) is 4.44. The smallest absolute Gasteiger partial charge is 0.161 e. The summed E-state index contributed by atoms with van der Waals surface area (Å²) in [7, 11) is 1.62. The van der Waals surface area contributed by atoms with Gasteiger partial charge in [0.25, 0.3) is 0 Å². The average Bonchev–Trinajstić information content (AvgIpc) is 2.97. The molecule has 0 saturated carbocycles. The highest BCUT2D eigenvalue weighted by Gasteiger charge is 2.21. The van der Waals surface area contributed by atoms with Crippen molar-refractivity contribution in [3.05, 3.63) is 23.0 Å². The number of hydrogen-bond donors (Lipinski definition) is 1. The Morgan fingerprint density at radius 3 is 2.94 bits per heavy atom. The summed E-state index contributed by atoms with van der Waals surface area (Å²) in [6.07, 6.45) is 4.36. The highest BCUT2D eigenvalue weighted by molar-refractivity contribution is 7.05. The fourth-order valence-electron chi connectivity index (χ4n) is 1.69. The number of ether oxygens (including phenoxy) is 1. The van der Waals surface area contributed by atoms with E-state index in [-0.39, 0.29) is 6.04 Å². The summed E-state index contributed by atoms with van der Waals surface area (Å²) < 4.78 is 11.0. The summed E-state index contributed by atoms with van der Waals surface area (Å²) in [5.41, 5.74) is 7.08. The maximum atomic E-state index is 6.20. The summed E-state index contributed by atoms with van der Waals surface area (Å²) in [5.74, 6) is 0.708. The highest BCUT2D eigenvalue weighted by Crippen LogP contribution is 2.29. The van der Waals surface area contributed by atoms with Crippen LogP contribution in [0, 0.1) is 0 Å². The number of rotatable bonds is 5. The molecule has 0 saturated heterocycles. The summed E-state index contributed by atoms with van der Waals surface area (Å²) in [6.45, 7) is 2.91. The lowest BCUT2D eigenvalue weighted by molar-refractivity contribution is 0.404. The average molecular weight is 253 g/mol. The second-order valence-electron chi connectivity index (χ2n) is 3.62. The van der Waals surface area contributed by atoms with Gasteiger partial charge in [-0.25, -0.2) is 0 Å². The van der Waals surface area contributed by atoms with Crippen LogP contribution in [0.15, 0.2) is 12.4 Å². The van der Waals surface area contributed by atoms with Gasteiger partial charge >= 0.3 is 0 Å². The van der Waals surface area contributed by atoms with Gasteiger partial charge in [-0.15, -0.1) is 5.10 Å². The zero-order valence-corrected chi connectivity index (χ0v) is 10.6. The molecule has 0 aliphatic carbocycles. The monoisotopic (exact) mass is 253 g/mol. The molecule has 0 radical (unpaired) electrons. The maximum absolute atomic E-state index is 6.20. The Labute approximate surface area is 104 Å². The Balaban J connectivity index is 2.38. The number of nitrogens with two attached hydrogens (primary N) is 1. The highest BCUT2D eigenvalue weighted by atomic mass is 32.1. The minimum atomic E-state index is -0.293. The van der Waals surface area contributed by atoms with Crippen LogP contribution in [-0.2, 0) is 6.54 Å². The molecule has 1 atom stereocenters. The van der Waals surface area contributed by atoms with Crippen LogP contribution in [0.2, 0.25) is 0 Å². The first-order valence-electron chi connectivity index (χ1n) is 5.40. The molecule has 92 valence electrons. The van der Waals surface area contributed by atoms with Gasteiger partial charge in [0.05, 0.1) is 30.4 Å². The third kappa shape index (κ3) is 2.29. The zero-order chi connectivity index (χ0) is 12.3. The minimum Gasteiger partial charge on any atom is -0.493 e. The number of aromatic nitrogens is 4. The van der Waals surface area contributed by atoms with Gasteiger partial charge in [-0.1, -0.05) is 11.4 Å². The molecule has 0 aliphatic heterocycles. The molecule has 17 heavy (non-hydrogen) atoms. The van der Waals surface area contributed by atoms with Crippen LogP contribution in [0.1, 0.15) is 30.0 Å². The third-order valence-electron chi connectivity index (χ3n) is 2.48. The lowest BCUT2D eigenvalue weighted by Crippen LogP contribution is -2.17. The van der Waals surface area contributed by atoms with E-state index in [2.05, 4.69) is 21.6 Å². The molecule has 0 fully saturated rings. The molecule has 1 unspecified atom stereocenters. The molecule has 7 heteroatoms. The van der Waals surface area contributed by atoms with Crippen LogP contribution >= 0.6 is 11.5 Å². The van der Waals surface area contributed by atoms with Crippen molar-refractivity contribution in [3.63, 3.8) is 0 Å². The minimum absolute atomic E-state index is 0.293. The van der Waals surface area contributed by atoms with E-state index >= 15 is 0 Å². The molecule has 0 spiro atoms. The molecule has 0 aromatic carbocycles. The lowest BCUT2D eigenvalue weighted by atomic mass is 10.2. The van der Waals surface area contributed by atoms with E-state index in [1.165, 1.54) is 11.5 Å². The number of nitrogens with zero attached hydrogens (tertiary/aromatic N) is 4. The molecular weight excluding hydrogens is 238 g/mol. The fourth-order valence-corrected chi connectivity index (χ4v) is 2.19. The van der Waals surface area contributed by atoms with Gasteiger partial charge in [0.15, 0.2) is 5.75 Å². The molecule has 0 amide bonds. The number of methoxy groups -OCH3 is 1. The Hall–Kier alpha value is -1.47. The van der Waals surface area contributed by atoms with E-state index < -0.39 is 0 Å². The van der Waals surface area contributed by atoms with Gasteiger partial charge in [0.1, 0.15) is 5.69 Å². The van der Waals surface area contributed by atoms with Crippen molar-refractivity contribution in [1.29, 1.82) is 0 Å². The molecule has 0 bridgehead atoms. The Bertz CT molecular complexity index is 467. The first-order valence-corrected chi connectivity index (χ1v) is 6.17. The first kappa shape index (κ1) is 12.0. The van der Waals surface area contributed by atoms with E-state index in [9.17, 15) is 0 Å². The normalized spacial score (nSPS) is 12.6. The van der Waals surface area contributed by atoms with Crippen molar-refractivity contribution in [2.75, 3.05) is 7.11 Å². The predicted molar refractivity (Wildman–Crippen MR) is 65.0 cm³/mol.